The highest BCUT2D eigenvalue weighted by Crippen LogP contribution is 2.36. The molecule has 0 unspecified atom stereocenters. The van der Waals surface area contributed by atoms with E-state index in [1.807, 2.05) is 0 Å². The Hall–Kier alpha value is -2.73. The van der Waals surface area contributed by atoms with Gasteiger partial charge in [-0.2, -0.15) is 17.5 Å². The predicted octanol–water partition coefficient (Wildman–Crippen LogP) is 3.83. The van der Waals surface area contributed by atoms with Crippen LogP contribution in [0, 0.1) is 5.92 Å². The zero-order chi connectivity index (χ0) is 24.8. The van der Waals surface area contributed by atoms with E-state index in [0.717, 1.165) is 49.1 Å². The van der Waals surface area contributed by atoms with Crippen LogP contribution in [-0.2, 0) is 21.0 Å². The first-order valence-electron chi connectivity index (χ1n) is 11.7. The van der Waals surface area contributed by atoms with E-state index in [1.165, 1.54) is 23.1 Å². The van der Waals surface area contributed by atoms with Crippen LogP contribution in [0.1, 0.15) is 56.1 Å². The van der Waals surface area contributed by atoms with Gasteiger partial charge in [-0.05, 0) is 49.5 Å². The maximum Gasteiger partial charge on any atom is 0.417 e. The first-order chi connectivity index (χ1) is 16.6. The summed E-state index contributed by atoms with van der Waals surface area (Å²) in [6.45, 7) is 0.123. The summed E-state index contributed by atoms with van der Waals surface area (Å²) in [6.07, 6.45) is 3.41. The van der Waals surface area contributed by atoms with Crippen molar-refractivity contribution in [3.8, 4) is 0 Å². The monoisotopic (exact) mass is 509 g/mol. The Kier molecular flexibility index (Phi) is 5.99. The van der Waals surface area contributed by atoms with Gasteiger partial charge in [0.1, 0.15) is 11.4 Å². The molecule has 1 saturated heterocycles. The average Bonchev–Trinajstić information content (AvgIpc) is 3.41. The normalized spacial score (nSPS) is 22.3. The molecular formula is C23H26F3N5O3S. The Morgan fingerprint density at radius 2 is 1.83 bits per heavy atom. The molecule has 8 nitrogen and oxygen atoms in total. The number of amides is 1. The number of imidazole rings is 1. The standard InChI is InChI=1S/C23H26F3N5O3S/c24-23(25,26)17-13-19-18(27-14-28-19)12-16(17)6-11-35(33,34)31-9-7-22(8-10-31)21(32)29-20(30-22)15-4-2-1-3-5-15/h6,11-15H,1-5,7-10H2,(H,27,28)(H,29,30,32)/b11-6+. The molecule has 2 aliphatic heterocycles. The van der Waals surface area contributed by atoms with Gasteiger partial charge in [0.2, 0.25) is 10.0 Å². The number of fused-ring (bicyclic) bond motifs is 1. The highest BCUT2D eigenvalue weighted by atomic mass is 32.2. The van der Waals surface area contributed by atoms with Crippen LogP contribution in [0.25, 0.3) is 17.1 Å². The third-order valence-electron chi connectivity index (χ3n) is 7.22. The van der Waals surface area contributed by atoms with Gasteiger partial charge in [0, 0.05) is 24.4 Å². The van der Waals surface area contributed by atoms with Gasteiger partial charge in [-0.15, -0.1) is 0 Å². The number of sulfonamides is 1. The van der Waals surface area contributed by atoms with Crippen LogP contribution in [0.3, 0.4) is 0 Å². The van der Waals surface area contributed by atoms with E-state index in [-0.39, 0.29) is 48.8 Å². The molecule has 188 valence electrons. The van der Waals surface area contributed by atoms with Gasteiger partial charge in [0.05, 0.1) is 22.9 Å². The molecule has 1 saturated carbocycles. The lowest BCUT2D eigenvalue weighted by Gasteiger charge is -2.34. The van der Waals surface area contributed by atoms with Crippen molar-refractivity contribution in [1.29, 1.82) is 0 Å². The number of aromatic amines is 1. The number of aliphatic imine (C=N–C) groups is 1. The van der Waals surface area contributed by atoms with E-state index in [4.69, 9.17) is 4.99 Å². The van der Waals surface area contributed by atoms with Gasteiger partial charge < -0.3 is 10.3 Å². The van der Waals surface area contributed by atoms with E-state index >= 15 is 0 Å². The SMILES string of the molecule is O=C1NC(C2CCCCC2)=NC12CCN(S(=O)(=O)/C=C/c1cc3nc[nH]c3cc1C(F)(F)F)CC2. The van der Waals surface area contributed by atoms with Crippen molar-refractivity contribution in [2.45, 2.75) is 56.7 Å². The Labute approximate surface area is 200 Å². The molecule has 1 amide bonds. The highest BCUT2D eigenvalue weighted by molar-refractivity contribution is 7.92. The van der Waals surface area contributed by atoms with Crippen molar-refractivity contribution in [1.82, 2.24) is 19.6 Å². The highest BCUT2D eigenvalue weighted by Gasteiger charge is 2.48. The maximum atomic E-state index is 13.6. The Morgan fingerprint density at radius 3 is 2.51 bits per heavy atom. The van der Waals surface area contributed by atoms with Crippen LogP contribution in [0.5, 0.6) is 0 Å². The molecule has 1 aromatic carbocycles. The summed E-state index contributed by atoms with van der Waals surface area (Å²) < 4.78 is 67.7. The molecule has 3 heterocycles. The smallest absolute Gasteiger partial charge is 0.345 e. The molecule has 2 fully saturated rings. The van der Waals surface area contributed by atoms with E-state index in [9.17, 15) is 26.4 Å². The summed E-state index contributed by atoms with van der Waals surface area (Å²) >= 11 is 0. The van der Waals surface area contributed by atoms with Crippen LogP contribution in [-0.4, -0.2) is 53.1 Å². The minimum atomic E-state index is -4.66. The molecule has 35 heavy (non-hydrogen) atoms. The number of carbonyl (C=O) groups is 1. The second kappa shape index (κ2) is 8.74. The number of hydrogen-bond donors (Lipinski definition) is 2. The van der Waals surface area contributed by atoms with Gasteiger partial charge in [-0.3, -0.25) is 9.79 Å². The first kappa shape index (κ1) is 24.0. The Morgan fingerprint density at radius 1 is 1.11 bits per heavy atom. The molecule has 1 spiro atoms. The summed E-state index contributed by atoms with van der Waals surface area (Å²) in [5.41, 5.74) is -1.69. The number of nitrogens with one attached hydrogen (secondary N) is 2. The number of aromatic nitrogens is 2. The fourth-order valence-electron chi connectivity index (χ4n) is 5.19. The lowest BCUT2D eigenvalue weighted by atomic mass is 9.88. The molecular weight excluding hydrogens is 483 g/mol. The number of halogens is 3. The molecule has 2 N–H and O–H groups in total. The molecule has 0 radical (unpaired) electrons. The number of H-pyrrole nitrogens is 1. The maximum absolute atomic E-state index is 13.6. The van der Waals surface area contributed by atoms with Gasteiger partial charge in [0.15, 0.2) is 0 Å². The van der Waals surface area contributed by atoms with Crippen LogP contribution >= 0.6 is 0 Å². The number of rotatable bonds is 4. The molecule has 0 atom stereocenters. The number of hydrogen-bond acceptors (Lipinski definition) is 5. The number of carbonyl (C=O) groups excluding carboxylic acids is 1. The molecule has 12 heteroatoms. The summed E-state index contributed by atoms with van der Waals surface area (Å²) in [5, 5.41) is 3.72. The minimum absolute atomic E-state index is 0.0616. The third kappa shape index (κ3) is 4.61. The fraction of sp³-hybridized carbons (Fsp3) is 0.522. The topological polar surface area (TPSA) is 108 Å². The van der Waals surface area contributed by atoms with Crippen molar-refractivity contribution in [3.05, 3.63) is 35.0 Å². The van der Waals surface area contributed by atoms with Crippen LogP contribution in [0.15, 0.2) is 28.9 Å². The van der Waals surface area contributed by atoms with E-state index in [1.54, 1.807) is 0 Å². The second-order valence-electron chi connectivity index (χ2n) is 9.42. The predicted molar refractivity (Wildman–Crippen MR) is 125 cm³/mol. The van der Waals surface area contributed by atoms with Crippen molar-refractivity contribution in [3.63, 3.8) is 0 Å². The number of nitrogens with zero attached hydrogens (tertiary/aromatic N) is 3. The lowest BCUT2D eigenvalue weighted by Crippen LogP contribution is -2.50. The zero-order valence-corrected chi connectivity index (χ0v) is 19.8. The van der Waals surface area contributed by atoms with E-state index in [0.29, 0.717) is 5.52 Å². The van der Waals surface area contributed by atoms with Gasteiger partial charge in [-0.1, -0.05) is 19.3 Å². The summed E-state index contributed by atoms with van der Waals surface area (Å²) in [4.78, 5) is 24.1. The molecule has 5 rings (SSSR count). The van der Waals surface area contributed by atoms with Crippen molar-refractivity contribution in [2.75, 3.05) is 13.1 Å². The number of alkyl halides is 3. The molecule has 2 aromatic rings. The first-order valence-corrected chi connectivity index (χ1v) is 13.2. The third-order valence-corrected chi connectivity index (χ3v) is 8.78. The summed E-state index contributed by atoms with van der Waals surface area (Å²) in [7, 11) is -4.00. The largest absolute Gasteiger partial charge is 0.417 e. The number of amidine groups is 1. The van der Waals surface area contributed by atoms with Crippen molar-refractivity contribution in [2.24, 2.45) is 10.9 Å². The van der Waals surface area contributed by atoms with Crippen molar-refractivity contribution < 1.29 is 26.4 Å². The van der Waals surface area contributed by atoms with E-state index in [2.05, 4.69) is 15.3 Å². The fourth-order valence-corrected chi connectivity index (χ4v) is 6.37. The van der Waals surface area contributed by atoms with Gasteiger partial charge in [0.25, 0.3) is 5.91 Å². The van der Waals surface area contributed by atoms with E-state index < -0.39 is 27.3 Å². The quantitative estimate of drug-likeness (QED) is 0.653. The molecule has 1 aliphatic carbocycles. The minimum Gasteiger partial charge on any atom is -0.345 e. The van der Waals surface area contributed by atoms with Gasteiger partial charge >= 0.3 is 6.18 Å². The average molecular weight is 510 g/mol. The molecule has 0 bridgehead atoms. The van der Waals surface area contributed by atoms with Crippen LogP contribution in [0.2, 0.25) is 0 Å². The number of piperidine rings is 1. The van der Waals surface area contributed by atoms with Gasteiger partial charge in [-0.25, -0.2) is 13.4 Å². The summed E-state index contributed by atoms with van der Waals surface area (Å²) in [6, 6.07) is 2.12. The lowest BCUT2D eigenvalue weighted by molar-refractivity contribution is -0.137. The second-order valence-corrected chi connectivity index (χ2v) is 11.2. The van der Waals surface area contributed by atoms with Crippen molar-refractivity contribution >= 4 is 38.9 Å². The zero-order valence-electron chi connectivity index (χ0n) is 18.9. The van der Waals surface area contributed by atoms with Crippen LogP contribution in [0.4, 0.5) is 13.2 Å². The van der Waals surface area contributed by atoms with Crippen LogP contribution < -0.4 is 5.32 Å². The molecule has 3 aliphatic rings. The Balaban J connectivity index is 1.32. The summed E-state index contributed by atoms with van der Waals surface area (Å²) in [5.74, 6) is 0.776. The Bertz CT molecular complexity index is 1300. The molecule has 1 aromatic heterocycles. The number of benzene rings is 1.